The van der Waals surface area contributed by atoms with Crippen molar-refractivity contribution < 1.29 is 18.3 Å². The molecule has 1 heterocycles. The van der Waals surface area contributed by atoms with E-state index in [0.29, 0.717) is 16.5 Å². The highest BCUT2D eigenvalue weighted by Crippen LogP contribution is 2.22. The molecule has 0 fully saturated rings. The SMILES string of the molecule is CCOC(=O)c1nn(Cc2ccccc2F)c2ccc(F)cc12. The van der Waals surface area contributed by atoms with Crippen LogP contribution in [0.15, 0.2) is 42.5 Å². The van der Waals surface area contributed by atoms with Gasteiger partial charge in [-0.15, -0.1) is 0 Å². The van der Waals surface area contributed by atoms with Gasteiger partial charge in [-0.1, -0.05) is 18.2 Å². The van der Waals surface area contributed by atoms with E-state index >= 15 is 0 Å². The Morgan fingerprint density at radius 1 is 1.22 bits per heavy atom. The summed E-state index contributed by atoms with van der Waals surface area (Å²) in [5.74, 6) is -1.47. The van der Waals surface area contributed by atoms with Crippen molar-refractivity contribution in [1.82, 2.24) is 9.78 Å². The van der Waals surface area contributed by atoms with Crippen molar-refractivity contribution in [1.29, 1.82) is 0 Å². The minimum absolute atomic E-state index is 0.0256. The van der Waals surface area contributed by atoms with E-state index in [1.165, 1.54) is 28.9 Å². The van der Waals surface area contributed by atoms with Crippen LogP contribution in [0.25, 0.3) is 10.9 Å². The summed E-state index contributed by atoms with van der Waals surface area (Å²) in [6, 6.07) is 10.3. The Hall–Kier alpha value is -2.76. The zero-order chi connectivity index (χ0) is 16.4. The van der Waals surface area contributed by atoms with Crippen LogP contribution in [0, 0.1) is 11.6 Å². The van der Waals surface area contributed by atoms with Gasteiger partial charge in [0.2, 0.25) is 0 Å². The summed E-state index contributed by atoms with van der Waals surface area (Å²) >= 11 is 0. The first-order valence-corrected chi connectivity index (χ1v) is 7.16. The second-order valence-electron chi connectivity index (χ2n) is 4.98. The summed E-state index contributed by atoms with van der Waals surface area (Å²) in [6.07, 6.45) is 0. The smallest absolute Gasteiger partial charge is 0.359 e. The molecule has 0 N–H and O–H groups in total. The lowest BCUT2D eigenvalue weighted by molar-refractivity contribution is 0.0520. The van der Waals surface area contributed by atoms with Crippen LogP contribution in [0.2, 0.25) is 0 Å². The Kier molecular flexibility index (Phi) is 4.06. The molecule has 2 aromatic carbocycles. The highest BCUT2D eigenvalue weighted by atomic mass is 19.1. The second-order valence-corrected chi connectivity index (χ2v) is 4.98. The fourth-order valence-corrected chi connectivity index (χ4v) is 2.41. The molecule has 0 aliphatic heterocycles. The average molecular weight is 316 g/mol. The first kappa shape index (κ1) is 15.1. The van der Waals surface area contributed by atoms with Gasteiger partial charge in [0.1, 0.15) is 11.6 Å². The molecule has 118 valence electrons. The van der Waals surface area contributed by atoms with Gasteiger partial charge in [-0.25, -0.2) is 13.6 Å². The zero-order valence-corrected chi connectivity index (χ0v) is 12.4. The normalized spacial score (nSPS) is 10.9. The average Bonchev–Trinajstić information content (AvgIpc) is 2.88. The van der Waals surface area contributed by atoms with Gasteiger partial charge in [0.05, 0.1) is 18.7 Å². The van der Waals surface area contributed by atoms with Gasteiger partial charge >= 0.3 is 5.97 Å². The molecule has 23 heavy (non-hydrogen) atoms. The van der Waals surface area contributed by atoms with Crippen LogP contribution in [0.5, 0.6) is 0 Å². The number of aromatic nitrogens is 2. The lowest BCUT2D eigenvalue weighted by Crippen LogP contribution is -2.08. The zero-order valence-electron chi connectivity index (χ0n) is 12.4. The third-order valence-electron chi connectivity index (χ3n) is 3.46. The number of ether oxygens (including phenoxy) is 1. The number of nitrogens with zero attached hydrogens (tertiary/aromatic N) is 2. The Balaban J connectivity index is 2.10. The quantitative estimate of drug-likeness (QED) is 0.692. The van der Waals surface area contributed by atoms with E-state index in [9.17, 15) is 13.6 Å². The van der Waals surface area contributed by atoms with Crippen molar-refractivity contribution in [3.8, 4) is 0 Å². The molecule has 3 rings (SSSR count). The largest absolute Gasteiger partial charge is 0.461 e. The molecule has 4 nitrogen and oxygen atoms in total. The van der Waals surface area contributed by atoms with Crippen LogP contribution in [-0.2, 0) is 11.3 Å². The number of rotatable bonds is 4. The maximum absolute atomic E-state index is 13.8. The van der Waals surface area contributed by atoms with E-state index < -0.39 is 11.8 Å². The molecule has 0 spiro atoms. The molecule has 0 radical (unpaired) electrons. The minimum Gasteiger partial charge on any atom is -0.461 e. The fraction of sp³-hybridized carbons (Fsp3) is 0.176. The van der Waals surface area contributed by atoms with E-state index in [2.05, 4.69) is 5.10 Å². The number of fused-ring (bicyclic) bond motifs is 1. The summed E-state index contributed by atoms with van der Waals surface area (Å²) < 4.78 is 33.8. The third-order valence-corrected chi connectivity index (χ3v) is 3.46. The number of hydrogen-bond donors (Lipinski definition) is 0. The molecular weight excluding hydrogens is 302 g/mol. The summed E-state index contributed by atoms with van der Waals surface area (Å²) in [6.45, 7) is 2.00. The van der Waals surface area contributed by atoms with E-state index in [0.717, 1.165) is 0 Å². The third kappa shape index (κ3) is 2.92. The number of carbonyl (C=O) groups excluding carboxylic acids is 1. The van der Waals surface area contributed by atoms with E-state index in [-0.39, 0.29) is 24.7 Å². The van der Waals surface area contributed by atoms with Crippen molar-refractivity contribution in [2.75, 3.05) is 6.61 Å². The van der Waals surface area contributed by atoms with Gasteiger partial charge in [-0.3, -0.25) is 4.68 Å². The Labute approximate surface area is 131 Å². The molecule has 1 aromatic heterocycles. The predicted octanol–water partition coefficient (Wildman–Crippen LogP) is 3.54. The van der Waals surface area contributed by atoms with Gasteiger partial charge in [0, 0.05) is 10.9 Å². The molecule has 0 saturated heterocycles. The summed E-state index contributed by atoms with van der Waals surface area (Å²) in [7, 11) is 0. The lowest BCUT2D eigenvalue weighted by atomic mass is 10.2. The van der Waals surface area contributed by atoms with Crippen molar-refractivity contribution in [2.45, 2.75) is 13.5 Å². The Bertz CT molecular complexity index is 874. The van der Waals surface area contributed by atoms with Crippen LogP contribution in [0.4, 0.5) is 8.78 Å². The maximum Gasteiger partial charge on any atom is 0.359 e. The summed E-state index contributed by atoms with van der Waals surface area (Å²) in [5.41, 5.74) is 0.993. The van der Waals surface area contributed by atoms with Gasteiger partial charge in [0.15, 0.2) is 5.69 Å². The fourth-order valence-electron chi connectivity index (χ4n) is 2.41. The van der Waals surface area contributed by atoms with Crippen LogP contribution in [0.3, 0.4) is 0 Å². The summed E-state index contributed by atoms with van der Waals surface area (Å²) in [4.78, 5) is 12.0. The highest BCUT2D eigenvalue weighted by Gasteiger charge is 2.19. The second kappa shape index (κ2) is 6.16. The summed E-state index contributed by atoms with van der Waals surface area (Å²) in [5, 5.41) is 4.54. The molecule has 0 bridgehead atoms. The van der Waals surface area contributed by atoms with E-state index in [1.807, 2.05) is 0 Å². The van der Waals surface area contributed by atoms with Crippen LogP contribution < -0.4 is 0 Å². The number of hydrogen-bond acceptors (Lipinski definition) is 3. The van der Waals surface area contributed by atoms with E-state index in [4.69, 9.17) is 4.74 Å². The molecule has 0 aliphatic rings. The number of carbonyl (C=O) groups is 1. The van der Waals surface area contributed by atoms with Gasteiger partial charge in [-0.2, -0.15) is 5.10 Å². The Morgan fingerprint density at radius 2 is 2.00 bits per heavy atom. The number of benzene rings is 2. The van der Waals surface area contributed by atoms with Crippen LogP contribution in [0.1, 0.15) is 23.0 Å². The van der Waals surface area contributed by atoms with Crippen LogP contribution in [-0.4, -0.2) is 22.4 Å². The highest BCUT2D eigenvalue weighted by molar-refractivity contribution is 6.02. The molecule has 3 aromatic rings. The molecule has 6 heteroatoms. The van der Waals surface area contributed by atoms with Crippen molar-refractivity contribution in [3.05, 3.63) is 65.4 Å². The van der Waals surface area contributed by atoms with Crippen molar-refractivity contribution in [2.24, 2.45) is 0 Å². The molecule has 0 unspecified atom stereocenters. The molecular formula is C17H14F2N2O2. The first-order chi connectivity index (χ1) is 11.1. The predicted molar refractivity (Wildman–Crippen MR) is 81.1 cm³/mol. The van der Waals surface area contributed by atoms with Gasteiger partial charge < -0.3 is 4.74 Å². The van der Waals surface area contributed by atoms with Gasteiger partial charge in [-0.05, 0) is 31.2 Å². The molecule has 0 aliphatic carbocycles. The maximum atomic E-state index is 13.8. The molecule has 0 atom stereocenters. The number of esters is 1. The van der Waals surface area contributed by atoms with Crippen molar-refractivity contribution >= 4 is 16.9 Å². The standard InChI is InChI=1S/C17H14F2N2O2/c1-2-23-17(22)16-13-9-12(18)7-8-15(13)21(20-16)10-11-5-3-4-6-14(11)19/h3-9H,2,10H2,1H3. The number of halogens is 2. The Morgan fingerprint density at radius 3 is 2.74 bits per heavy atom. The van der Waals surface area contributed by atoms with E-state index in [1.54, 1.807) is 25.1 Å². The lowest BCUT2D eigenvalue weighted by Gasteiger charge is -2.05. The van der Waals surface area contributed by atoms with Gasteiger partial charge in [0.25, 0.3) is 0 Å². The monoisotopic (exact) mass is 316 g/mol. The first-order valence-electron chi connectivity index (χ1n) is 7.16. The minimum atomic E-state index is -0.629. The van der Waals surface area contributed by atoms with Crippen molar-refractivity contribution in [3.63, 3.8) is 0 Å². The molecule has 0 amide bonds. The van der Waals surface area contributed by atoms with Crippen LogP contribution >= 0.6 is 0 Å². The topological polar surface area (TPSA) is 44.1 Å². The molecule has 0 saturated carbocycles.